The van der Waals surface area contributed by atoms with E-state index in [1.54, 1.807) is 16.4 Å². The maximum atomic E-state index is 12.3. The van der Waals surface area contributed by atoms with Gasteiger partial charge >= 0.3 is 0 Å². The van der Waals surface area contributed by atoms with E-state index in [-0.39, 0.29) is 11.7 Å². The van der Waals surface area contributed by atoms with E-state index in [4.69, 9.17) is 0 Å². The quantitative estimate of drug-likeness (QED) is 0.616. The molecule has 1 N–H and O–H groups in total. The topological polar surface area (TPSA) is 72.7 Å². The van der Waals surface area contributed by atoms with Crippen LogP contribution in [0, 0.1) is 6.92 Å². The number of nitrogens with zero attached hydrogens (tertiary/aromatic N) is 4. The van der Waals surface area contributed by atoms with Gasteiger partial charge in [0.2, 0.25) is 5.91 Å². The lowest BCUT2D eigenvalue weighted by molar-refractivity contribution is -0.113. The number of hydrogen-bond acceptors (Lipinski definition) is 7. The van der Waals surface area contributed by atoms with Crippen LogP contribution in [0.3, 0.4) is 0 Å². The second kappa shape index (κ2) is 8.50. The molecule has 0 spiro atoms. The van der Waals surface area contributed by atoms with Gasteiger partial charge in [-0.15, -0.1) is 10.2 Å². The summed E-state index contributed by atoms with van der Waals surface area (Å²) in [5.74, 6) is 1.81. The van der Waals surface area contributed by atoms with E-state index in [0.29, 0.717) is 5.82 Å². The highest BCUT2D eigenvalue weighted by Gasteiger charge is 2.12. The zero-order chi connectivity index (χ0) is 17.6. The van der Waals surface area contributed by atoms with Gasteiger partial charge in [0.05, 0.1) is 17.1 Å². The third kappa shape index (κ3) is 4.83. The Morgan fingerprint density at radius 2 is 1.92 bits per heavy atom. The van der Waals surface area contributed by atoms with E-state index < -0.39 is 0 Å². The largest absolute Gasteiger partial charge is 0.310 e. The summed E-state index contributed by atoms with van der Waals surface area (Å²) in [7, 11) is 0. The number of carbonyl (C=O) groups is 1. The molecule has 0 aliphatic rings. The number of para-hydroxylation sites is 1. The summed E-state index contributed by atoms with van der Waals surface area (Å²) in [6.45, 7) is 3.97. The molecule has 0 bridgehead atoms. The Bertz CT molecular complexity index is 847. The zero-order valence-corrected chi connectivity index (χ0v) is 16.2. The molecule has 130 valence electrons. The van der Waals surface area contributed by atoms with E-state index in [1.165, 1.54) is 23.1 Å². The highest BCUT2D eigenvalue weighted by molar-refractivity contribution is 8.03. The Labute approximate surface area is 158 Å². The molecule has 25 heavy (non-hydrogen) atoms. The van der Waals surface area contributed by atoms with Gasteiger partial charge in [-0.3, -0.25) is 4.79 Å². The number of thioether (sulfide) groups is 2. The van der Waals surface area contributed by atoms with Crippen molar-refractivity contribution in [2.45, 2.75) is 22.5 Å². The maximum absolute atomic E-state index is 12.3. The van der Waals surface area contributed by atoms with Gasteiger partial charge in [-0.05, 0) is 24.8 Å². The molecule has 3 aromatic rings. The van der Waals surface area contributed by atoms with Gasteiger partial charge in [-0.25, -0.2) is 4.68 Å². The first-order chi connectivity index (χ1) is 12.2. The van der Waals surface area contributed by atoms with Crippen LogP contribution in [-0.2, 0) is 4.79 Å². The molecule has 3 rings (SSSR count). The van der Waals surface area contributed by atoms with Gasteiger partial charge in [0, 0.05) is 6.07 Å². The molecule has 6 nitrogen and oxygen atoms in total. The fourth-order valence-electron chi connectivity index (χ4n) is 2.10. The molecule has 1 aromatic carbocycles. The van der Waals surface area contributed by atoms with Crippen molar-refractivity contribution in [1.82, 2.24) is 20.0 Å². The minimum Gasteiger partial charge on any atom is -0.310 e. The third-order valence-electron chi connectivity index (χ3n) is 3.08. The standard InChI is InChI=1S/C16H17N5OS3/c1-3-23-15-18-19-16(25-15)24-10-14(22)17-13-9-11(2)20-21(13)12-7-5-4-6-8-12/h4-9H,3,10H2,1-2H3,(H,17,22). The number of rotatable bonds is 7. The first-order valence-electron chi connectivity index (χ1n) is 7.66. The fourth-order valence-corrected chi connectivity index (χ4v) is 4.82. The van der Waals surface area contributed by atoms with Crippen LogP contribution < -0.4 is 5.32 Å². The van der Waals surface area contributed by atoms with Crippen molar-refractivity contribution in [3.63, 3.8) is 0 Å². The summed E-state index contributed by atoms with van der Waals surface area (Å²) in [4.78, 5) is 12.3. The molecular formula is C16H17N5OS3. The molecule has 0 aliphatic carbocycles. The van der Waals surface area contributed by atoms with Gasteiger partial charge in [-0.1, -0.05) is 60.0 Å². The number of anilines is 1. The summed E-state index contributed by atoms with van der Waals surface area (Å²) in [6, 6.07) is 11.6. The van der Waals surface area contributed by atoms with Crippen LogP contribution in [0.1, 0.15) is 12.6 Å². The molecule has 2 heterocycles. The highest BCUT2D eigenvalue weighted by atomic mass is 32.2. The first kappa shape index (κ1) is 18.0. The molecule has 2 aromatic heterocycles. The zero-order valence-electron chi connectivity index (χ0n) is 13.8. The van der Waals surface area contributed by atoms with Gasteiger partial charge in [-0.2, -0.15) is 5.10 Å². The van der Waals surface area contributed by atoms with E-state index in [9.17, 15) is 4.79 Å². The van der Waals surface area contributed by atoms with Gasteiger partial charge in [0.1, 0.15) is 5.82 Å². The van der Waals surface area contributed by atoms with Gasteiger partial charge in [0.25, 0.3) is 0 Å². The van der Waals surface area contributed by atoms with Crippen molar-refractivity contribution in [1.29, 1.82) is 0 Å². The molecule has 1 amide bonds. The Balaban J connectivity index is 1.63. The fraction of sp³-hybridized carbons (Fsp3) is 0.250. The Morgan fingerprint density at radius 1 is 1.20 bits per heavy atom. The molecule has 0 radical (unpaired) electrons. The van der Waals surface area contributed by atoms with Crippen LogP contribution >= 0.6 is 34.9 Å². The van der Waals surface area contributed by atoms with Crippen LogP contribution in [0.15, 0.2) is 45.1 Å². The molecule has 9 heteroatoms. The van der Waals surface area contributed by atoms with E-state index in [2.05, 4.69) is 27.5 Å². The predicted molar refractivity (Wildman–Crippen MR) is 104 cm³/mol. The first-order valence-corrected chi connectivity index (χ1v) is 10.5. The number of carbonyl (C=O) groups excluding carboxylic acids is 1. The van der Waals surface area contributed by atoms with E-state index in [0.717, 1.165) is 25.8 Å². The molecule has 0 saturated carbocycles. The summed E-state index contributed by atoms with van der Waals surface area (Å²) in [5.41, 5.74) is 1.75. The summed E-state index contributed by atoms with van der Waals surface area (Å²) >= 11 is 4.56. The molecule has 0 fully saturated rings. The lowest BCUT2D eigenvalue weighted by Gasteiger charge is -2.08. The molecule has 0 aliphatic heterocycles. The molecule has 0 atom stereocenters. The monoisotopic (exact) mass is 391 g/mol. The number of hydrogen-bond donors (Lipinski definition) is 1. The lowest BCUT2D eigenvalue weighted by Crippen LogP contribution is -2.16. The van der Waals surface area contributed by atoms with Crippen molar-refractivity contribution < 1.29 is 4.79 Å². The van der Waals surface area contributed by atoms with Crippen molar-refractivity contribution in [2.75, 3.05) is 16.8 Å². The molecular weight excluding hydrogens is 374 g/mol. The van der Waals surface area contributed by atoms with E-state index in [1.807, 2.05) is 43.3 Å². The smallest absolute Gasteiger partial charge is 0.235 e. The van der Waals surface area contributed by atoms with Crippen LogP contribution in [0.2, 0.25) is 0 Å². The second-order valence-corrected chi connectivity index (χ2v) is 8.73. The summed E-state index contributed by atoms with van der Waals surface area (Å²) < 4.78 is 3.47. The Hall–Kier alpha value is -1.84. The average molecular weight is 392 g/mol. The summed E-state index contributed by atoms with van der Waals surface area (Å²) in [6.07, 6.45) is 0. The van der Waals surface area contributed by atoms with Crippen molar-refractivity contribution in [3.05, 3.63) is 42.1 Å². The number of benzene rings is 1. The van der Waals surface area contributed by atoms with Crippen molar-refractivity contribution in [2.24, 2.45) is 0 Å². The normalized spacial score (nSPS) is 10.8. The second-order valence-electron chi connectivity index (χ2n) is 5.02. The van der Waals surface area contributed by atoms with Crippen LogP contribution in [0.5, 0.6) is 0 Å². The minimum absolute atomic E-state index is 0.0954. The van der Waals surface area contributed by atoms with Crippen molar-refractivity contribution in [3.8, 4) is 5.69 Å². The Morgan fingerprint density at radius 3 is 2.64 bits per heavy atom. The van der Waals surface area contributed by atoms with Crippen LogP contribution in [-0.4, -0.2) is 37.4 Å². The SMILES string of the molecule is CCSc1nnc(SCC(=O)Nc2cc(C)nn2-c2ccccc2)s1. The highest BCUT2D eigenvalue weighted by Crippen LogP contribution is 2.28. The van der Waals surface area contributed by atoms with Crippen molar-refractivity contribution >= 4 is 46.6 Å². The molecule has 0 saturated heterocycles. The van der Waals surface area contributed by atoms with E-state index >= 15 is 0 Å². The average Bonchev–Trinajstić information content (AvgIpc) is 3.20. The maximum Gasteiger partial charge on any atom is 0.235 e. The lowest BCUT2D eigenvalue weighted by atomic mass is 10.3. The number of nitrogens with one attached hydrogen (secondary N) is 1. The number of aromatic nitrogens is 4. The number of aryl methyl sites for hydroxylation is 1. The summed E-state index contributed by atoms with van der Waals surface area (Å²) in [5, 5.41) is 15.6. The third-order valence-corrected chi connectivity index (χ3v) is 6.15. The van der Waals surface area contributed by atoms with Crippen LogP contribution in [0.4, 0.5) is 5.82 Å². The molecule has 0 unspecified atom stereocenters. The van der Waals surface area contributed by atoms with Gasteiger partial charge in [0.15, 0.2) is 8.68 Å². The minimum atomic E-state index is -0.0954. The Kier molecular flexibility index (Phi) is 6.11. The van der Waals surface area contributed by atoms with Gasteiger partial charge < -0.3 is 5.32 Å². The number of amides is 1. The van der Waals surface area contributed by atoms with Crippen LogP contribution in [0.25, 0.3) is 5.69 Å². The predicted octanol–water partition coefficient (Wildman–Crippen LogP) is 3.88.